The van der Waals surface area contributed by atoms with E-state index in [-0.39, 0.29) is 64.9 Å². The summed E-state index contributed by atoms with van der Waals surface area (Å²) >= 11 is 0. The maximum absolute atomic E-state index is 11.1. The summed E-state index contributed by atoms with van der Waals surface area (Å²) in [6.45, 7) is 7.11. The third kappa shape index (κ3) is 3.99. The molecule has 4 nitrogen and oxygen atoms in total. The largest absolute Gasteiger partial charge is 1.00 e. The molecular weight excluding hydrogens is 375 g/mol. The number of aliphatic hydroxyl groups excluding tert-OH is 2. The van der Waals surface area contributed by atoms with E-state index in [0.717, 1.165) is 32.1 Å². The minimum absolute atomic E-state index is 0. The number of rotatable bonds is 4. The van der Waals surface area contributed by atoms with Crippen LogP contribution >= 0.6 is 0 Å². The number of carboxylic acids is 1. The van der Waals surface area contributed by atoms with E-state index in [1.165, 1.54) is 25.7 Å². The molecule has 0 aromatic heterocycles. The maximum Gasteiger partial charge on any atom is 1.00 e. The van der Waals surface area contributed by atoms with E-state index >= 15 is 0 Å². The fraction of sp³-hybridized carbons (Fsp3) is 0.958. The third-order valence-corrected chi connectivity index (χ3v) is 10.2. The predicted molar refractivity (Wildman–Crippen MR) is 106 cm³/mol. The summed E-state index contributed by atoms with van der Waals surface area (Å²) in [5.41, 5.74) is 0.450. The van der Waals surface area contributed by atoms with Crippen molar-refractivity contribution in [3.63, 3.8) is 0 Å². The van der Waals surface area contributed by atoms with Crippen molar-refractivity contribution in [2.75, 3.05) is 0 Å². The average molecular weight is 415 g/mol. The van der Waals surface area contributed by atoms with Gasteiger partial charge in [-0.1, -0.05) is 20.8 Å². The van der Waals surface area contributed by atoms with Gasteiger partial charge in [0.05, 0.1) is 12.2 Å². The van der Waals surface area contributed by atoms with E-state index in [0.29, 0.717) is 29.6 Å². The number of carbonyl (C=O) groups is 1. The van der Waals surface area contributed by atoms with Crippen LogP contribution in [0.1, 0.15) is 85.0 Å². The predicted octanol–water partition coefficient (Wildman–Crippen LogP) is 0.147. The molecule has 0 aromatic rings. The van der Waals surface area contributed by atoms with Crippen LogP contribution in [0.3, 0.4) is 0 Å². The molecule has 0 spiro atoms. The van der Waals surface area contributed by atoms with Crippen molar-refractivity contribution in [2.45, 2.75) is 97.2 Å². The zero-order valence-corrected chi connectivity index (χ0v) is 20.9. The number of aliphatic carboxylic acids is 1. The summed E-state index contributed by atoms with van der Waals surface area (Å²) in [6, 6.07) is 0. The molecule has 0 heterocycles. The Hall–Kier alpha value is 0.390. The molecule has 2 N–H and O–H groups in total. The maximum atomic E-state index is 11.1. The van der Waals surface area contributed by atoms with Crippen LogP contribution in [-0.2, 0) is 4.79 Å². The molecule has 4 aliphatic carbocycles. The summed E-state index contributed by atoms with van der Waals surface area (Å²) in [4.78, 5) is 10.9. The van der Waals surface area contributed by atoms with Crippen LogP contribution in [0.25, 0.3) is 0 Å². The van der Waals surface area contributed by atoms with Gasteiger partial charge in [0.25, 0.3) is 0 Å². The Morgan fingerprint density at radius 1 is 1.00 bits per heavy atom. The summed E-state index contributed by atoms with van der Waals surface area (Å²) in [6.07, 6.45) is 8.88. The second kappa shape index (κ2) is 8.73. The molecule has 5 heteroatoms. The van der Waals surface area contributed by atoms with Crippen LogP contribution in [-0.4, -0.2) is 28.4 Å². The van der Waals surface area contributed by atoms with E-state index in [9.17, 15) is 20.1 Å². The Morgan fingerprint density at radius 2 is 1.66 bits per heavy atom. The van der Waals surface area contributed by atoms with Gasteiger partial charge in [-0.05, 0) is 111 Å². The number of hydrogen-bond acceptors (Lipinski definition) is 4. The van der Waals surface area contributed by atoms with Crippen molar-refractivity contribution >= 4 is 5.97 Å². The molecule has 0 radical (unpaired) electrons. The van der Waals surface area contributed by atoms with Crippen molar-refractivity contribution in [1.82, 2.24) is 0 Å². The van der Waals surface area contributed by atoms with Gasteiger partial charge in [-0.15, -0.1) is 0 Å². The zero-order valence-electron chi connectivity index (χ0n) is 18.9. The van der Waals surface area contributed by atoms with Gasteiger partial charge in [-0.2, -0.15) is 0 Å². The van der Waals surface area contributed by atoms with Gasteiger partial charge in [0.15, 0.2) is 0 Å². The van der Waals surface area contributed by atoms with Gasteiger partial charge in [0.1, 0.15) is 0 Å². The van der Waals surface area contributed by atoms with E-state index in [1.807, 2.05) is 0 Å². The Balaban J connectivity index is 0.00000240. The molecule has 4 aliphatic rings. The van der Waals surface area contributed by atoms with Crippen LogP contribution in [0.2, 0.25) is 0 Å². The number of aliphatic hydroxyl groups is 2. The first-order valence-electron chi connectivity index (χ1n) is 11.7. The zero-order chi connectivity index (χ0) is 20.3. The first kappa shape index (κ1) is 24.0. The summed E-state index contributed by atoms with van der Waals surface area (Å²) < 4.78 is 0. The topological polar surface area (TPSA) is 80.6 Å². The van der Waals surface area contributed by atoms with E-state index in [4.69, 9.17) is 0 Å². The molecule has 29 heavy (non-hydrogen) atoms. The van der Waals surface area contributed by atoms with E-state index in [1.54, 1.807) is 0 Å². The summed E-state index contributed by atoms with van der Waals surface area (Å²) in [7, 11) is 0. The fourth-order valence-electron chi connectivity index (χ4n) is 8.80. The first-order chi connectivity index (χ1) is 13.2. The average Bonchev–Trinajstić information content (AvgIpc) is 2.99. The molecule has 1 unspecified atom stereocenters. The summed E-state index contributed by atoms with van der Waals surface area (Å²) in [5.74, 6) is 2.25. The molecule has 0 aliphatic heterocycles. The Kier molecular flexibility index (Phi) is 7.24. The normalized spacial score (nSPS) is 49.9. The minimum atomic E-state index is -0.927. The Morgan fingerprint density at radius 3 is 2.34 bits per heavy atom. The van der Waals surface area contributed by atoms with Crippen LogP contribution in [0.5, 0.6) is 0 Å². The van der Waals surface area contributed by atoms with E-state index in [2.05, 4.69) is 20.8 Å². The van der Waals surface area contributed by atoms with Gasteiger partial charge in [-0.25, -0.2) is 0 Å². The molecule has 4 fully saturated rings. The first-order valence-corrected chi connectivity index (χ1v) is 11.7. The molecule has 0 saturated heterocycles. The molecule has 160 valence electrons. The standard InChI is InChI=1S/C24H40O4.Na/c1-14(4-7-22(27)28)17-5-6-18-16-13-21(26)20-12-15(25)8-10-24(20,3)19(16)9-11-23(17,18)2;/h14-21,25-26H,4-13H2,1-3H3,(H,27,28);/q;+1/p-1/t14-,15-,16+,17-,18+,19+,20?,21+,23-,24-;/m1./s1. The smallest absolute Gasteiger partial charge is 0.550 e. The summed E-state index contributed by atoms with van der Waals surface area (Å²) in [5, 5.41) is 32.2. The number of carboxylic acid groups (broad SMARTS) is 1. The van der Waals surface area contributed by atoms with Crippen LogP contribution < -0.4 is 34.7 Å². The number of hydrogen-bond donors (Lipinski definition) is 2. The Bertz CT molecular complexity index is 612. The van der Waals surface area contributed by atoms with Crippen LogP contribution in [0.4, 0.5) is 0 Å². The molecule has 10 atom stereocenters. The van der Waals surface area contributed by atoms with E-state index < -0.39 is 5.97 Å². The monoisotopic (exact) mass is 414 g/mol. The van der Waals surface area contributed by atoms with Crippen LogP contribution in [0, 0.1) is 46.3 Å². The second-order valence-electron chi connectivity index (χ2n) is 11.3. The second-order valence-corrected chi connectivity index (χ2v) is 11.3. The number of carbonyl (C=O) groups excluding carboxylic acids is 1. The van der Waals surface area contributed by atoms with Crippen molar-refractivity contribution < 1.29 is 49.7 Å². The van der Waals surface area contributed by atoms with Crippen molar-refractivity contribution in [3.8, 4) is 0 Å². The molecule has 0 bridgehead atoms. The molecular formula is C24H39NaO4. The fourth-order valence-corrected chi connectivity index (χ4v) is 8.80. The molecule has 4 saturated carbocycles. The van der Waals surface area contributed by atoms with Gasteiger partial charge in [0.2, 0.25) is 0 Å². The van der Waals surface area contributed by atoms with Crippen molar-refractivity contribution in [1.29, 1.82) is 0 Å². The van der Waals surface area contributed by atoms with Crippen molar-refractivity contribution in [3.05, 3.63) is 0 Å². The van der Waals surface area contributed by atoms with Gasteiger partial charge < -0.3 is 20.1 Å². The third-order valence-electron chi connectivity index (χ3n) is 10.2. The van der Waals surface area contributed by atoms with Gasteiger partial charge >= 0.3 is 29.6 Å². The van der Waals surface area contributed by atoms with Gasteiger partial charge in [0, 0.05) is 5.97 Å². The minimum Gasteiger partial charge on any atom is -0.550 e. The van der Waals surface area contributed by atoms with Gasteiger partial charge in [-0.3, -0.25) is 0 Å². The Labute approximate surface area is 198 Å². The molecule has 0 amide bonds. The quantitative estimate of drug-likeness (QED) is 0.642. The SMILES string of the molecule is C[C@H](CCC(=O)[O-])[C@H]1CC[C@H]2[C@@H]3C[C@H](O)C4C[C@H](O)CC[C@]4(C)[C@H]3CC[C@]12C.[Na+]. The molecule has 4 rings (SSSR count). The van der Waals surface area contributed by atoms with Crippen molar-refractivity contribution in [2.24, 2.45) is 46.3 Å². The number of fused-ring (bicyclic) bond motifs is 5. The van der Waals surface area contributed by atoms with Crippen LogP contribution in [0.15, 0.2) is 0 Å². The molecule has 0 aromatic carbocycles.